The molecule has 0 saturated carbocycles. The second-order valence-electron chi connectivity index (χ2n) is 18.4. The Balaban J connectivity index is 0.00000556. The zero-order valence-electron chi connectivity index (χ0n) is 40.4. The van der Waals surface area contributed by atoms with Crippen molar-refractivity contribution >= 4 is 21.9 Å². The quantitative estimate of drug-likeness (QED) is 0.128. The fourth-order valence-electron chi connectivity index (χ4n) is 10.2. The van der Waals surface area contributed by atoms with Crippen molar-refractivity contribution in [2.24, 2.45) is 14.1 Å². The molecule has 0 amide bonds. The van der Waals surface area contributed by atoms with E-state index in [1.807, 2.05) is 78.5 Å². The van der Waals surface area contributed by atoms with Crippen LogP contribution < -0.4 is 0 Å². The van der Waals surface area contributed by atoms with Gasteiger partial charge in [-0.1, -0.05) is 131 Å². The van der Waals surface area contributed by atoms with Gasteiger partial charge in [0.25, 0.3) is 0 Å². The van der Waals surface area contributed by atoms with E-state index in [-0.39, 0.29) is 20.1 Å². The smallest absolute Gasteiger partial charge is 0.456 e. The van der Waals surface area contributed by atoms with E-state index in [1.165, 1.54) is 0 Å². The molecule has 13 rings (SSSR count). The third kappa shape index (κ3) is 8.58. The predicted octanol–water partition coefficient (Wildman–Crippen LogP) is 16.5. The molecular formula is C67H44IrN5O. The molecule has 0 atom stereocenters. The van der Waals surface area contributed by atoms with Crippen molar-refractivity contribution in [2.45, 2.75) is 0 Å². The number of hydrogen-bond donors (Lipinski definition) is 0. The maximum Gasteiger partial charge on any atom is 3.00 e. The van der Waals surface area contributed by atoms with Crippen LogP contribution in [0.5, 0.6) is 0 Å². The van der Waals surface area contributed by atoms with Gasteiger partial charge in [-0.25, -0.2) is 0 Å². The first-order valence-electron chi connectivity index (χ1n) is 24.3. The number of pyridine rings is 1. The van der Waals surface area contributed by atoms with Crippen LogP contribution in [0, 0.1) is 18.2 Å². The van der Waals surface area contributed by atoms with Crippen molar-refractivity contribution in [1.82, 2.24) is 24.1 Å². The number of nitrogens with zero attached hydrogens (tertiary/aromatic N) is 5. The van der Waals surface area contributed by atoms with Gasteiger partial charge in [0.15, 0.2) is 0 Å². The second-order valence-corrected chi connectivity index (χ2v) is 18.4. The molecule has 0 aliphatic heterocycles. The molecule has 0 bridgehead atoms. The molecule has 0 N–H and O–H groups in total. The number of hydrogen-bond acceptors (Lipinski definition) is 4. The number of imidazole rings is 2. The van der Waals surface area contributed by atoms with Crippen molar-refractivity contribution in [1.29, 1.82) is 0 Å². The summed E-state index contributed by atoms with van der Waals surface area (Å²) in [6.07, 6.45) is 9.54. The predicted molar refractivity (Wildman–Crippen MR) is 296 cm³/mol. The molecule has 7 heteroatoms. The van der Waals surface area contributed by atoms with Gasteiger partial charge in [-0.3, -0.25) is 9.97 Å². The summed E-state index contributed by atoms with van der Waals surface area (Å²) in [7, 11) is 4.01. The summed E-state index contributed by atoms with van der Waals surface area (Å²) >= 11 is 0. The van der Waals surface area contributed by atoms with Gasteiger partial charge < -0.3 is 18.5 Å². The minimum absolute atomic E-state index is 0. The van der Waals surface area contributed by atoms with E-state index in [1.54, 1.807) is 0 Å². The van der Waals surface area contributed by atoms with E-state index >= 15 is 0 Å². The summed E-state index contributed by atoms with van der Waals surface area (Å²) in [5, 5.41) is 2.23. The monoisotopic (exact) mass is 1130 g/mol. The van der Waals surface area contributed by atoms with Crippen LogP contribution >= 0.6 is 0 Å². The van der Waals surface area contributed by atoms with Crippen molar-refractivity contribution in [3.63, 3.8) is 0 Å². The molecule has 0 aliphatic carbocycles. The largest absolute Gasteiger partial charge is 3.00 e. The third-order valence-electron chi connectivity index (χ3n) is 13.9. The van der Waals surface area contributed by atoms with Crippen LogP contribution in [0.3, 0.4) is 0 Å². The Morgan fingerprint density at radius 3 is 1.35 bits per heavy atom. The summed E-state index contributed by atoms with van der Waals surface area (Å²) in [5.74, 6) is 1.76. The zero-order valence-corrected chi connectivity index (χ0v) is 42.8. The number of fused-ring (bicyclic) bond motifs is 3. The first-order valence-corrected chi connectivity index (χ1v) is 24.3. The van der Waals surface area contributed by atoms with Crippen molar-refractivity contribution in [3.8, 4) is 112 Å². The molecule has 0 saturated heterocycles. The van der Waals surface area contributed by atoms with E-state index in [0.717, 1.165) is 134 Å². The van der Waals surface area contributed by atoms with Gasteiger partial charge >= 0.3 is 20.1 Å². The van der Waals surface area contributed by atoms with E-state index in [9.17, 15) is 0 Å². The minimum atomic E-state index is 0. The minimum Gasteiger partial charge on any atom is -0.456 e. The molecule has 4 heterocycles. The zero-order chi connectivity index (χ0) is 48.8. The molecule has 0 fully saturated rings. The van der Waals surface area contributed by atoms with E-state index in [0.29, 0.717) is 0 Å². The van der Waals surface area contributed by atoms with Crippen LogP contribution in [-0.4, -0.2) is 24.1 Å². The first kappa shape index (κ1) is 46.1. The Kier molecular flexibility index (Phi) is 12.2. The number of aromatic nitrogens is 5. The number of furan rings is 1. The van der Waals surface area contributed by atoms with Gasteiger partial charge in [-0.05, 0) is 92.2 Å². The van der Waals surface area contributed by atoms with Gasteiger partial charge in [0.05, 0.1) is 11.6 Å². The fraction of sp³-hybridized carbons (Fsp3) is 0.0299. The normalized spacial score (nSPS) is 11.3. The molecule has 0 radical (unpaired) electrons. The summed E-state index contributed by atoms with van der Waals surface area (Å²) in [4.78, 5) is 14.2. The van der Waals surface area contributed by atoms with Gasteiger partial charge in [-0.2, -0.15) is 0 Å². The fourth-order valence-corrected chi connectivity index (χ4v) is 10.2. The summed E-state index contributed by atoms with van der Waals surface area (Å²) in [6.45, 7) is 0. The Bertz CT molecular complexity index is 4020. The number of aryl methyl sites for hydroxylation is 2. The van der Waals surface area contributed by atoms with Crippen LogP contribution in [0.1, 0.15) is 0 Å². The summed E-state index contributed by atoms with van der Waals surface area (Å²) in [5.41, 5.74) is 20.7. The van der Waals surface area contributed by atoms with E-state index < -0.39 is 0 Å². The summed E-state index contributed by atoms with van der Waals surface area (Å²) < 4.78 is 10.3. The molecule has 9 aromatic carbocycles. The van der Waals surface area contributed by atoms with E-state index in [2.05, 4.69) is 204 Å². The number of rotatable bonds is 10. The molecule has 13 aromatic rings. The van der Waals surface area contributed by atoms with Crippen LogP contribution in [0.25, 0.3) is 134 Å². The SMILES string of the molecule is Cn1ccnc1-c1[c-]cc(-c2ccccc2-c2cc(-c3ccccc3-c3c[c-]c(-c4nccn4C)cc3)cc(-c3ccccc3-c3ccc(-c4[c-]ccc(-c5ccc6c(c5)oc5ccccc56)c4)nc3)c2)cc1.[Ir+3]. The van der Waals surface area contributed by atoms with Crippen LogP contribution in [0.2, 0.25) is 0 Å². The van der Waals surface area contributed by atoms with Gasteiger partial charge in [0.1, 0.15) is 11.2 Å². The number of benzene rings is 9. The van der Waals surface area contributed by atoms with Gasteiger partial charge in [0, 0.05) is 55.9 Å². The van der Waals surface area contributed by atoms with E-state index in [4.69, 9.17) is 9.40 Å². The summed E-state index contributed by atoms with van der Waals surface area (Å²) in [6, 6.07) is 81.3. The molecule has 6 nitrogen and oxygen atoms in total. The Hall–Kier alpha value is -9.00. The Morgan fingerprint density at radius 2 is 0.851 bits per heavy atom. The molecule has 0 aliphatic rings. The standard InChI is InChI=1S/C67H44N5O.Ir/c1-71-36-34-68-66(71)46-26-22-44(23-27-46)55-14-3-6-17-58(55)52-39-53(59-18-7-4-15-56(59)45-24-28-47(29-25-45)67-69-35-37-72(67)2)41-54(40-52)60-19-8-5-16-57(60)51-31-33-63(70-43-51)50-13-11-12-48(38-50)49-30-32-62-61-20-9-10-21-64(61)73-65(62)42-49;/h3-12,14-26,28,30-43H,1-2H3;/q-3;+3. The molecule has 352 valence electrons. The Labute approximate surface area is 443 Å². The average Bonchev–Trinajstić information content (AvgIpc) is 4.20. The molecule has 74 heavy (non-hydrogen) atoms. The van der Waals surface area contributed by atoms with Crippen molar-refractivity contribution in [3.05, 3.63) is 249 Å². The Morgan fingerprint density at radius 1 is 0.378 bits per heavy atom. The first-order chi connectivity index (χ1) is 36.0. The second kappa shape index (κ2) is 19.5. The van der Waals surface area contributed by atoms with Crippen LogP contribution in [-0.2, 0) is 34.2 Å². The average molecular weight is 1130 g/mol. The third-order valence-corrected chi connectivity index (χ3v) is 13.9. The van der Waals surface area contributed by atoms with Gasteiger partial charge in [-0.15, -0.1) is 95.1 Å². The topological polar surface area (TPSA) is 61.7 Å². The maximum absolute atomic E-state index is 6.24. The molecular weight excluding hydrogens is 1080 g/mol. The van der Waals surface area contributed by atoms with Crippen molar-refractivity contribution in [2.75, 3.05) is 0 Å². The molecule has 0 unspecified atom stereocenters. The maximum atomic E-state index is 6.24. The van der Waals surface area contributed by atoms with Gasteiger partial charge in [0.2, 0.25) is 0 Å². The number of para-hydroxylation sites is 1. The molecule has 0 spiro atoms. The molecule has 4 aromatic heterocycles. The van der Waals surface area contributed by atoms with Crippen LogP contribution in [0.4, 0.5) is 0 Å². The van der Waals surface area contributed by atoms with Crippen LogP contribution in [0.15, 0.2) is 236 Å². The van der Waals surface area contributed by atoms with Crippen molar-refractivity contribution < 1.29 is 24.5 Å².